The molecule has 7 nitrogen and oxygen atoms in total. The summed E-state index contributed by atoms with van der Waals surface area (Å²) in [5, 5.41) is 10.0. The topological polar surface area (TPSA) is 92.6 Å². The first kappa shape index (κ1) is 31.5. The van der Waals surface area contributed by atoms with E-state index in [9.17, 15) is 35.9 Å². The Bertz CT molecular complexity index is 1470. The van der Waals surface area contributed by atoms with E-state index < -0.39 is 34.3 Å². The number of carboxylic acid groups (broad SMARTS) is 1. The van der Waals surface area contributed by atoms with Gasteiger partial charge >= 0.3 is 18.5 Å². The molecule has 0 bridgehead atoms. The highest BCUT2D eigenvalue weighted by molar-refractivity contribution is 9.10. The highest BCUT2D eigenvalue weighted by Crippen LogP contribution is 2.47. The zero-order valence-corrected chi connectivity index (χ0v) is 24.8. The van der Waals surface area contributed by atoms with Gasteiger partial charge in [-0.1, -0.05) is 27.5 Å². The summed E-state index contributed by atoms with van der Waals surface area (Å²) in [6.45, 7) is 2.52. The number of carboxylic acids is 1. The smallest absolute Gasteiger partial charge is 0.481 e. The lowest BCUT2D eigenvalue weighted by molar-refractivity contribution is -0.276. The van der Waals surface area contributed by atoms with Crippen molar-refractivity contribution in [1.29, 1.82) is 0 Å². The molecule has 222 valence electrons. The molecule has 1 aliphatic rings. The van der Waals surface area contributed by atoms with Gasteiger partial charge in [0.2, 0.25) is 5.91 Å². The summed E-state index contributed by atoms with van der Waals surface area (Å²) >= 11 is 11.4. The largest absolute Gasteiger partial charge is 0.573 e. The van der Waals surface area contributed by atoms with E-state index in [4.69, 9.17) is 16.7 Å². The van der Waals surface area contributed by atoms with Crippen molar-refractivity contribution in [2.45, 2.75) is 51.1 Å². The maximum atomic E-state index is 13.5. The fourth-order valence-electron chi connectivity index (χ4n) is 4.36. The first-order chi connectivity index (χ1) is 19.0. The van der Waals surface area contributed by atoms with Gasteiger partial charge in [0.25, 0.3) is 0 Å². The normalized spacial score (nSPS) is 14.9. The van der Waals surface area contributed by atoms with Crippen LogP contribution < -0.4 is 4.74 Å². The number of ether oxygens (including phenoxy) is 1. The maximum Gasteiger partial charge on any atom is 0.573 e. The van der Waals surface area contributed by atoms with Crippen LogP contribution in [-0.2, 0) is 28.6 Å². The number of benzene rings is 1. The molecule has 0 aliphatic carbocycles. The number of piperidine rings is 1. The molecule has 3 heterocycles. The Kier molecular flexibility index (Phi) is 9.26. The minimum absolute atomic E-state index is 0.0166. The Hall–Kier alpha value is -2.43. The monoisotopic (exact) mass is 705 g/mol. The predicted molar refractivity (Wildman–Crippen MR) is 142 cm³/mol. The molecule has 0 atom stereocenters. The second-order valence-electron chi connectivity index (χ2n) is 9.06. The number of aliphatic carboxylic acids is 1. The number of carbonyl (C=O) groups excluding carboxylic acids is 1. The minimum atomic E-state index is -5.36. The van der Waals surface area contributed by atoms with E-state index in [0.29, 0.717) is 47.7 Å². The number of hydrogen-bond acceptors (Lipinski definition) is 7. The van der Waals surface area contributed by atoms with Crippen LogP contribution in [0.4, 0.5) is 26.3 Å². The Morgan fingerprint density at radius 1 is 1.12 bits per heavy atom. The molecule has 0 spiro atoms. The molecule has 17 heteroatoms. The van der Waals surface area contributed by atoms with Crippen molar-refractivity contribution in [2.75, 3.05) is 13.1 Å². The number of amides is 1. The second-order valence-corrected chi connectivity index (χ2v) is 12.8. The molecule has 4 rings (SSSR count). The summed E-state index contributed by atoms with van der Waals surface area (Å²) in [6.07, 6.45) is -9.65. The maximum absolute atomic E-state index is 13.5. The van der Waals surface area contributed by atoms with E-state index in [2.05, 4.69) is 30.6 Å². The number of carbonyl (C=O) groups is 2. The predicted octanol–water partition coefficient (Wildman–Crippen LogP) is 7.48. The van der Waals surface area contributed by atoms with Gasteiger partial charge in [-0.05, 0) is 31.9 Å². The molecule has 1 fully saturated rings. The van der Waals surface area contributed by atoms with E-state index >= 15 is 0 Å². The van der Waals surface area contributed by atoms with Gasteiger partial charge in [-0.2, -0.15) is 13.2 Å². The van der Waals surface area contributed by atoms with E-state index in [1.807, 2.05) is 0 Å². The number of aryl methyl sites for hydroxylation is 1. The van der Waals surface area contributed by atoms with E-state index in [-0.39, 0.29) is 40.3 Å². The van der Waals surface area contributed by atoms with Crippen LogP contribution in [0.15, 0.2) is 16.6 Å². The number of likely N-dealkylation sites (tertiary alicyclic amines) is 1. The van der Waals surface area contributed by atoms with Crippen molar-refractivity contribution in [1.82, 2.24) is 14.9 Å². The van der Waals surface area contributed by atoms with E-state index in [1.165, 1.54) is 11.3 Å². The van der Waals surface area contributed by atoms with Crippen molar-refractivity contribution < 1.29 is 45.8 Å². The number of rotatable bonds is 7. The summed E-state index contributed by atoms with van der Waals surface area (Å²) in [4.78, 5) is 34.9. The first-order valence-electron chi connectivity index (χ1n) is 11.8. The molecule has 3 aromatic rings. The summed E-state index contributed by atoms with van der Waals surface area (Å²) in [5.41, 5.74) is -1.26. The fraction of sp³-hybridized carbons (Fsp3) is 0.417. The molecular weight excluding hydrogens is 688 g/mol. The number of halogens is 8. The lowest BCUT2D eigenvalue weighted by atomic mass is 9.97. The number of aromatic nitrogens is 2. The molecule has 1 aromatic carbocycles. The quantitative estimate of drug-likeness (QED) is 0.256. The third kappa shape index (κ3) is 7.70. The molecule has 41 heavy (non-hydrogen) atoms. The Morgan fingerprint density at radius 3 is 2.37 bits per heavy atom. The lowest BCUT2D eigenvalue weighted by Crippen LogP contribution is -2.38. The van der Waals surface area contributed by atoms with Crippen LogP contribution in [0.25, 0.3) is 11.3 Å². The summed E-state index contributed by atoms with van der Waals surface area (Å²) < 4.78 is 82.1. The van der Waals surface area contributed by atoms with Gasteiger partial charge in [0.1, 0.15) is 26.4 Å². The van der Waals surface area contributed by atoms with Crippen molar-refractivity contribution in [3.63, 3.8) is 0 Å². The highest BCUT2D eigenvalue weighted by atomic mass is 79.9. The van der Waals surface area contributed by atoms with Crippen LogP contribution in [0.1, 0.15) is 44.9 Å². The molecule has 0 unspecified atom stereocenters. The van der Waals surface area contributed by atoms with Crippen LogP contribution in [0.5, 0.6) is 5.75 Å². The van der Waals surface area contributed by atoms with Gasteiger partial charge in [-0.3, -0.25) is 9.59 Å². The van der Waals surface area contributed by atoms with Crippen molar-refractivity contribution in [2.24, 2.45) is 0 Å². The molecule has 1 amide bonds. The van der Waals surface area contributed by atoms with Crippen molar-refractivity contribution in [3.8, 4) is 17.0 Å². The van der Waals surface area contributed by atoms with E-state index in [0.717, 1.165) is 22.3 Å². The van der Waals surface area contributed by atoms with Gasteiger partial charge in [0.15, 0.2) is 0 Å². The number of hydrogen-bond donors (Lipinski definition) is 1. The Balaban J connectivity index is 1.47. The van der Waals surface area contributed by atoms with Gasteiger partial charge in [0.05, 0.1) is 23.5 Å². The van der Waals surface area contributed by atoms with Crippen molar-refractivity contribution in [3.05, 3.63) is 47.1 Å². The van der Waals surface area contributed by atoms with Crippen LogP contribution >= 0.6 is 50.2 Å². The van der Waals surface area contributed by atoms with Gasteiger partial charge in [0, 0.05) is 33.9 Å². The Morgan fingerprint density at radius 2 is 1.78 bits per heavy atom. The zero-order chi connectivity index (χ0) is 30.3. The SMILES string of the molecule is Cc1sc(CC(=O)N2CCC(c3nc(-c4cc(Br)c(C(F)(F)F)c(OC(F)(F)F)c4)c(Cl)s3)CC2)nc1CC(=O)O. The average Bonchev–Trinajstić information content (AvgIpc) is 3.38. The highest BCUT2D eigenvalue weighted by Gasteiger charge is 2.41. The standard InChI is InChI=1S/C24H19BrClF6N3O4S2/c1-10-14(8-18(37)38)33-16(40-10)9-17(36)35-4-2-11(3-5-35)22-34-20(21(26)41-22)12-6-13(25)19(23(27,28)29)15(7-12)39-24(30,31)32/h6-7,11H,2-5,8-9H2,1H3,(H,37,38). The molecular formula is C24H19BrClF6N3O4S2. The molecule has 0 saturated carbocycles. The molecule has 1 aliphatic heterocycles. The second kappa shape index (κ2) is 12.1. The zero-order valence-electron chi connectivity index (χ0n) is 20.8. The molecule has 2 aromatic heterocycles. The average molecular weight is 707 g/mol. The van der Waals surface area contributed by atoms with Crippen LogP contribution in [0.3, 0.4) is 0 Å². The van der Waals surface area contributed by atoms with Crippen molar-refractivity contribution >= 4 is 62.1 Å². The summed E-state index contributed by atoms with van der Waals surface area (Å²) in [7, 11) is 0. The fourth-order valence-corrected chi connectivity index (χ4v) is 7.33. The minimum Gasteiger partial charge on any atom is -0.481 e. The van der Waals surface area contributed by atoms with E-state index in [1.54, 1.807) is 11.8 Å². The van der Waals surface area contributed by atoms with Gasteiger partial charge in [-0.25, -0.2) is 9.97 Å². The molecule has 1 N–H and O–H groups in total. The first-order valence-corrected chi connectivity index (χ1v) is 14.6. The number of nitrogens with zero attached hydrogens (tertiary/aromatic N) is 3. The summed E-state index contributed by atoms with van der Waals surface area (Å²) in [6, 6.07) is 1.59. The van der Waals surface area contributed by atoms with Crippen LogP contribution in [0.2, 0.25) is 4.34 Å². The lowest BCUT2D eigenvalue weighted by Gasteiger charge is -2.31. The Labute approximate surface area is 250 Å². The third-order valence-electron chi connectivity index (χ3n) is 6.19. The van der Waals surface area contributed by atoms with Gasteiger partial charge in [-0.15, -0.1) is 35.8 Å². The molecule has 0 radical (unpaired) electrons. The van der Waals surface area contributed by atoms with Crippen LogP contribution in [0, 0.1) is 6.92 Å². The number of alkyl halides is 6. The number of thiazole rings is 2. The van der Waals surface area contributed by atoms with Gasteiger partial charge < -0.3 is 14.7 Å². The van der Waals surface area contributed by atoms with Crippen LogP contribution in [-0.4, -0.2) is 51.3 Å². The third-order valence-corrected chi connectivity index (χ3v) is 9.25. The summed E-state index contributed by atoms with van der Waals surface area (Å²) in [5.74, 6) is -2.74. The molecule has 1 saturated heterocycles.